The number of para-hydroxylation sites is 1. The molecular formula is C13H13N2O3P. The lowest BCUT2D eigenvalue weighted by Crippen LogP contribution is -2.10. The van der Waals surface area contributed by atoms with Gasteiger partial charge in [0, 0.05) is 16.3 Å². The van der Waals surface area contributed by atoms with Gasteiger partial charge in [-0.3, -0.25) is 4.57 Å². The number of H-pyrrole nitrogens is 1. The number of nitrogens with one attached hydrogen (secondary N) is 1. The Morgan fingerprint density at radius 1 is 1.32 bits per heavy atom. The minimum absolute atomic E-state index is 0.0756. The van der Waals surface area contributed by atoms with Crippen LogP contribution in [0, 0.1) is 0 Å². The van der Waals surface area contributed by atoms with Crippen molar-refractivity contribution in [2.75, 3.05) is 6.61 Å². The third kappa shape index (κ3) is 2.06. The number of hydrogen-bond acceptors (Lipinski definition) is 3. The molecule has 1 unspecified atom stereocenters. The summed E-state index contributed by atoms with van der Waals surface area (Å²) in [6, 6.07) is 9.39. The minimum atomic E-state index is -3.83. The summed E-state index contributed by atoms with van der Waals surface area (Å²) < 4.78 is 16.9. The summed E-state index contributed by atoms with van der Waals surface area (Å²) in [6.07, 6.45) is 1.56. The smallest absolute Gasteiger partial charge is 0.353 e. The van der Waals surface area contributed by atoms with Gasteiger partial charge in [-0.15, -0.1) is 0 Å². The van der Waals surface area contributed by atoms with Crippen molar-refractivity contribution in [1.82, 2.24) is 9.97 Å². The molecule has 2 aromatic heterocycles. The standard InChI is InChI=1S/C13H13N2O3P/c1-2-18-19(16,17)13-7-10-9-5-3-4-6-11(9)15-12(10)8-14-13/h3-8,15H,2H2,1H3,(H,16,17). The van der Waals surface area contributed by atoms with Crippen LogP contribution in [0.4, 0.5) is 0 Å². The monoisotopic (exact) mass is 276 g/mol. The third-order valence-corrected chi connectivity index (χ3v) is 4.40. The minimum Gasteiger partial charge on any atom is -0.353 e. The summed E-state index contributed by atoms with van der Waals surface area (Å²) >= 11 is 0. The lowest BCUT2D eigenvalue weighted by atomic mass is 10.2. The van der Waals surface area contributed by atoms with E-state index >= 15 is 0 Å². The SMILES string of the molecule is CCOP(=O)(O)c1cc2c(cn1)[nH]c1ccccc12. The van der Waals surface area contributed by atoms with Gasteiger partial charge in [-0.1, -0.05) is 18.2 Å². The summed E-state index contributed by atoms with van der Waals surface area (Å²) in [4.78, 5) is 17.1. The fraction of sp³-hybridized carbons (Fsp3) is 0.154. The van der Waals surface area contributed by atoms with Crippen LogP contribution in [-0.4, -0.2) is 21.5 Å². The van der Waals surface area contributed by atoms with Crippen molar-refractivity contribution in [3.63, 3.8) is 0 Å². The summed E-state index contributed by atoms with van der Waals surface area (Å²) in [5.74, 6) is 0. The van der Waals surface area contributed by atoms with E-state index in [1.807, 2.05) is 24.3 Å². The number of fused-ring (bicyclic) bond motifs is 3. The molecule has 6 heteroatoms. The Labute approximate surface area is 109 Å². The van der Waals surface area contributed by atoms with Gasteiger partial charge < -0.3 is 14.4 Å². The first-order valence-corrected chi connectivity index (χ1v) is 7.54. The Morgan fingerprint density at radius 3 is 2.89 bits per heavy atom. The first-order valence-electron chi connectivity index (χ1n) is 5.96. The fourth-order valence-electron chi connectivity index (χ4n) is 2.13. The molecule has 0 saturated heterocycles. The summed E-state index contributed by atoms with van der Waals surface area (Å²) in [6.45, 7) is 1.84. The molecule has 0 fully saturated rings. The van der Waals surface area contributed by atoms with Crippen LogP contribution < -0.4 is 5.44 Å². The number of aromatic amines is 1. The Balaban J connectivity index is 2.25. The van der Waals surface area contributed by atoms with Gasteiger partial charge in [0.15, 0.2) is 5.44 Å². The highest BCUT2D eigenvalue weighted by Gasteiger charge is 2.24. The molecule has 0 bridgehead atoms. The molecule has 0 spiro atoms. The number of benzene rings is 1. The maximum atomic E-state index is 12.0. The molecule has 1 atom stereocenters. The van der Waals surface area contributed by atoms with E-state index in [1.165, 1.54) is 0 Å². The van der Waals surface area contributed by atoms with E-state index in [-0.39, 0.29) is 12.0 Å². The highest BCUT2D eigenvalue weighted by molar-refractivity contribution is 7.61. The number of aromatic nitrogens is 2. The maximum Gasteiger partial charge on any atom is 0.376 e. The van der Waals surface area contributed by atoms with Crippen LogP contribution in [0.2, 0.25) is 0 Å². The van der Waals surface area contributed by atoms with Gasteiger partial charge in [0.05, 0.1) is 18.3 Å². The molecule has 1 aromatic carbocycles. The molecule has 0 amide bonds. The Bertz CT molecular complexity index is 797. The van der Waals surface area contributed by atoms with E-state index in [0.717, 1.165) is 21.8 Å². The van der Waals surface area contributed by atoms with E-state index in [1.54, 1.807) is 19.2 Å². The van der Waals surface area contributed by atoms with Crippen LogP contribution in [0.5, 0.6) is 0 Å². The van der Waals surface area contributed by atoms with Gasteiger partial charge in [0.2, 0.25) is 0 Å². The fourth-order valence-corrected chi connectivity index (χ4v) is 3.11. The van der Waals surface area contributed by atoms with Crippen LogP contribution >= 0.6 is 7.60 Å². The van der Waals surface area contributed by atoms with Gasteiger partial charge >= 0.3 is 7.60 Å². The van der Waals surface area contributed by atoms with Crippen molar-refractivity contribution >= 4 is 34.8 Å². The van der Waals surface area contributed by atoms with Crippen molar-refractivity contribution in [3.05, 3.63) is 36.5 Å². The summed E-state index contributed by atoms with van der Waals surface area (Å²) in [7, 11) is -3.83. The molecule has 3 rings (SSSR count). The van der Waals surface area contributed by atoms with Crippen molar-refractivity contribution < 1.29 is 14.0 Å². The molecule has 98 valence electrons. The van der Waals surface area contributed by atoms with Gasteiger partial charge in [-0.2, -0.15) is 0 Å². The summed E-state index contributed by atoms with van der Waals surface area (Å²) in [5.41, 5.74) is 1.88. The molecule has 2 heterocycles. The molecule has 0 radical (unpaired) electrons. The number of rotatable bonds is 3. The normalized spacial score (nSPS) is 14.8. The van der Waals surface area contributed by atoms with Crippen molar-refractivity contribution in [3.8, 4) is 0 Å². The molecule has 3 aromatic rings. The number of nitrogens with zero attached hydrogens (tertiary/aromatic N) is 1. The van der Waals surface area contributed by atoms with E-state index < -0.39 is 7.60 Å². The zero-order valence-electron chi connectivity index (χ0n) is 10.3. The van der Waals surface area contributed by atoms with Crippen LogP contribution in [0.25, 0.3) is 21.8 Å². The molecule has 2 N–H and O–H groups in total. The second kappa shape index (κ2) is 4.46. The average Bonchev–Trinajstić information content (AvgIpc) is 2.76. The highest BCUT2D eigenvalue weighted by Crippen LogP contribution is 2.40. The van der Waals surface area contributed by atoms with E-state index in [0.29, 0.717) is 0 Å². The van der Waals surface area contributed by atoms with Gasteiger partial charge in [-0.05, 0) is 19.1 Å². The average molecular weight is 276 g/mol. The maximum absolute atomic E-state index is 12.0. The predicted octanol–water partition coefficient (Wildman–Crippen LogP) is 2.56. The zero-order valence-corrected chi connectivity index (χ0v) is 11.2. The largest absolute Gasteiger partial charge is 0.376 e. The molecule has 5 nitrogen and oxygen atoms in total. The van der Waals surface area contributed by atoms with E-state index in [2.05, 4.69) is 9.97 Å². The predicted molar refractivity (Wildman–Crippen MR) is 74.7 cm³/mol. The quantitative estimate of drug-likeness (QED) is 0.721. The first-order chi connectivity index (χ1) is 9.12. The van der Waals surface area contributed by atoms with Crippen LogP contribution in [0.1, 0.15) is 6.92 Å². The van der Waals surface area contributed by atoms with Crippen LogP contribution in [0.15, 0.2) is 36.5 Å². The van der Waals surface area contributed by atoms with Crippen molar-refractivity contribution in [2.45, 2.75) is 6.92 Å². The van der Waals surface area contributed by atoms with Crippen molar-refractivity contribution in [1.29, 1.82) is 0 Å². The van der Waals surface area contributed by atoms with E-state index in [4.69, 9.17) is 4.52 Å². The molecule has 0 aliphatic heterocycles. The topological polar surface area (TPSA) is 75.2 Å². The van der Waals surface area contributed by atoms with E-state index in [9.17, 15) is 9.46 Å². The highest BCUT2D eigenvalue weighted by atomic mass is 31.2. The molecule has 0 aliphatic carbocycles. The second-order valence-corrected chi connectivity index (χ2v) is 5.95. The third-order valence-electron chi connectivity index (χ3n) is 2.97. The zero-order chi connectivity index (χ0) is 13.5. The second-order valence-electron chi connectivity index (χ2n) is 4.20. The van der Waals surface area contributed by atoms with Gasteiger partial charge in [0.1, 0.15) is 0 Å². The Hall–Kier alpha value is -1.68. The number of hydrogen-bond donors (Lipinski definition) is 2. The number of pyridine rings is 1. The Morgan fingerprint density at radius 2 is 2.11 bits per heavy atom. The first kappa shape index (κ1) is 12.4. The summed E-state index contributed by atoms with van der Waals surface area (Å²) in [5, 5.41) is 1.87. The van der Waals surface area contributed by atoms with Gasteiger partial charge in [-0.25, -0.2) is 4.98 Å². The van der Waals surface area contributed by atoms with Crippen LogP contribution in [0.3, 0.4) is 0 Å². The molecule has 19 heavy (non-hydrogen) atoms. The molecule has 0 aliphatic rings. The van der Waals surface area contributed by atoms with Crippen molar-refractivity contribution in [2.24, 2.45) is 0 Å². The lowest BCUT2D eigenvalue weighted by Gasteiger charge is -2.09. The Kier molecular flexibility index (Phi) is 2.90. The van der Waals surface area contributed by atoms with Gasteiger partial charge in [0.25, 0.3) is 0 Å². The molecular weight excluding hydrogens is 263 g/mol. The lowest BCUT2D eigenvalue weighted by molar-refractivity contribution is 0.283. The van der Waals surface area contributed by atoms with Crippen LogP contribution in [-0.2, 0) is 9.09 Å². The molecule has 0 saturated carbocycles.